The van der Waals surface area contributed by atoms with Gasteiger partial charge in [0.25, 0.3) is 6.43 Å². The summed E-state index contributed by atoms with van der Waals surface area (Å²) < 4.78 is 34.7. The van der Waals surface area contributed by atoms with Gasteiger partial charge in [0.15, 0.2) is 6.29 Å². The third-order valence-corrected chi connectivity index (χ3v) is 1.94. The molecule has 1 aromatic carbocycles. The smallest absolute Gasteiger partial charge is 0.267 e. The SMILES string of the molecule is COc1cc(OC)c(C(F)F)cc1C=O. The molecule has 0 heterocycles. The zero-order valence-corrected chi connectivity index (χ0v) is 8.29. The van der Waals surface area contributed by atoms with Gasteiger partial charge in [-0.05, 0) is 6.07 Å². The van der Waals surface area contributed by atoms with Crippen LogP contribution in [0.25, 0.3) is 0 Å². The van der Waals surface area contributed by atoms with Gasteiger partial charge in [0, 0.05) is 6.07 Å². The molecule has 3 nitrogen and oxygen atoms in total. The lowest BCUT2D eigenvalue weighted by molar-refractivity contribution is 0.111. The van der Waals surface area contributed by atoms with Crippen LogP contribution >= 0.6 is 0 Å². The second-order valence-electron chi connectivity index (χ2n) is 2.75. The lowest BCUT2D eigenvalue weighted by Gasteiger charge is -2.11. The van der Waals surface area contributed by atoms with Crippen molar-refractivity contribution in [2.24, 2.45) is 0 Å². The molecule has 0 aliphatic carbocycles. The average molecular weight is 216 g/mol. The molecule has 0 radical (unpaired) electrons. The molecular weight excluding hydrogens is 206 g/mol. The molecule has 0 amide bonds. The lowest BCUT2D eigenvalue weighted by Crippen LogP contribution is -1.98. The number of halogens is 2. The third kappa shape index (κ3) is 2.23. The van der Waals surface area contributed by atoms with Crippen molar-refractivity contribution >= 4 is 6.29 Å². The van der Waals surface area contributed by atoms with Crippen LogP contribution in [0.2, 0.25) is 0 Å². The standard InChI is InChI=1S/C10H10F2O3/c1-14-8-4-9(15-2)7(10(11)12)3-6(8)5-13/h3-5,10H,1-2H3. The van der Waals surface area contributed by atoms with Crippen LogP contribution in [0.5, 0.6) is 11.5 Å². The van der Waals surface area contributed by atoms with Gasteiger partial charge in [0.2, 0.25) is 0 Å². The molecule has 0 saturated carbocycles. The highest BCUT2D eigenvalue weighted by Gasteiger charge is 2.17. The molecule has 0 saturated heterocycles. The van der Waals surface area contributed by atoms with Crippen LogP contribution in [-0.2, 0) is 0 Å². The van der Waals surface area contributed by atoms with Crippen LogP contribution in [0.15, 0.2) is 12.1 Å². The van der Waals surface area contributed by atoms with E-state index in [1.807, 2.05) is 0 Å². The lowest BCUT2D eigenvalue weighted by atomic mass is 10.1. The first-order chi connectivity index (χ1) is 7.13. The van der Waals surface area contributed by atoms with Crippen molar-refractivity contribution in [2.75, 3.05) is 14.2 Å². The largest absolute Gasteiger partial charge is 0.496 e. The number of alkyl halides is 2. The fourth-order valence-electron chi connectivity index (χ4n) is 1.21. The van der Waals surface area contributed by atoms with E-state index in [0.29, 0.717) is 6.29 Å². The topological polar surface area (TPSA) is 35.5 Å². The maximum Gasteiger partial charge on any atom is 0.267 e. The highest BCUT2D eigenvalue weighted by molar-refractivity contribution is 5.80. The van der Waals surface area contributed by atoms with Gasteiger partial charge >= 0.3 is 0 Å². The number of carbonyl (C=O) groups is 1. The summed E-state index contributed by atoms with van der Waals surface area (Å²) in [5, 5.41) is 0. The van der Waals surface area contributed by atoms with Crippen LogP contribution in [0.3, 0.4) is 0 Å². The highest BCUT2D eigenvalue weighted by Crippen LogP contribution is 2.34. The number of ether oxygens (including phenoxy) is 2. The molecule has 0 spiro atoms. The summed E-state index contributed by atoms with van der Waals surface area (Å²) >= 11 is 0. The van der Waals surface area contributed by atoms with Crippen LogP contribution in [0.4, 0.5) is 8.78 Å². The van der Waals surface area contributed by atoms with Crippen molar-refractivity contribution in [2.45, 2.75) is 6.43 Å². The summed E-state index contributed by atoms with van der Waals surface area (Å²) in [6.45, 7) is 0. The Morgan fingerprint density at radius 3 is 2.20 bits per heavy atom. The molecule has 0 atom stereocenters. The van der Waals surface area contributed by atoms with Crippen molar-refractivity contribution in [3.8, 4) is 11.5 Å². The minimum absolute atomic E-state index is 0.00690. The Bertz CT molecular complexity index is 364. The number of methoxy groups -OCH3 is 2. The van der Waals surface area contributed by atoms with Crippen molar-refractivity contribution in [1.82, 2.24) is 0 Å². The monoisotopic (exact) mass is 216 g/mol. The fraction of sp³-hybridized carbons (Fsp3) is 0.300. The predicted octanol–water partition coefficient (Wildman–Crippen LogP) is 2.45. The van der Waals surface area contributed by atoms with Crippen molar-refractivity contribution in [3.63, 3.8) is 0 Å². The summed E-state index contributed by atoms with van der Waals surface area (Å²) in [7, 11) is 2.63. The molecule has 1 rings (SSSR count). The van der Waals surface area contributed by atoms with Crippen LogP contribution in [-0.4, -0.2) is 20.5 Å². The first kappa shape index (κ1) is 11.4. The average Bonchev–Trinajstić information content (AvgIpc) is 2.26. The van der Waals surface area contributed by atoms with E-state index in [-0.39, 0.29) is 22.6 Å². The quantitative estimate of drug-likeness (QED) is 0.725. The van der Waals surface area contributed by atoms with Crippen molar-refractivity contribution in [3.05, 3.63) is 23.3 Å². The molecule has 82 valence electrons. The first-order valence-corrected chi connectivity index (χ1v) is 4.13. The number of carbonyl (C=O) groups excluding carboxylic acids is 1. The first-order valence-electron chi connectivity index (χ1n) is 4.13. The minimum atomic E-state index is -2.69. The summed E-state index contributed by atoms with van der Waals surface area (Å²) in [5.41, 5.74) is -0.242. The molecule has 1 aromatic rings. The summed E-state index contributed by atoms with van der Waals surface area (Å²) in [5.74, 6) is 0.221. The van der Waals surface area contributed by atoms with Gasteiger partial charge in [-0.2, -0.15) is 0 Å². The molecule has 0 aliphatic rings. The Morgan fingerprint density at radius 1 is 1.20 bits per heavy atom. The Kier molecular flexibility index (Phi) is 3.60. The van der Waals surface area contributed by atoms with E-state index in [1.54, 1.807) is 0 Å². The van der Waals surface area contributed by atoms with E-state index in [9.17, 15) is 13.6 Å². The zero-order chi connectivity index (χ0) is 11.4. The molecule has 0 aromatic heterocycles. The van der Waals surface area contributed by atoms with Gasteiger partial charge in [0.05, 0.1) is 25.3 Å². The summed E-state index contributed by atoms with van der Waals surface area (Å²) in [4.78, 5) is 10.6. The number of aldehydes is 1. The van der Waals surface area contributed by atoms with Gasteiger partial charge in [-0.25, -0.2) is 8.78 Å². The summed E-state index contributed by atoms with van der Waals surface area (Å²) in [6.07, 6.45) is -2.23. The minimum Gasteiger partial charge on any atom is -0.496 e. The van der Waals surface area contributed by atoms with E-state index in [0.717, 1.165) is 6.07 Å². The zero-order valence-electron chi connectivity index (χ0n) is 8.29. The second-order valence-corrected chi connectivity index (χ2v) is 2.75. The Labute approximate surface area is 85.6 Å². The van der Waals surface area contributed by atoms with Crippen molar-refractivity contribution < 1.29 is 23.0 Å². The molecule has 0 unspecified atom stereocenters. The van der Waals surface area contributed by atoms with Crippen molar-refractivity contribution in [1.29, 1.82) is 0 Å². The molecule has 0 fully saturated rings. The fourth-order valence-corrected chi connectivity index (χ4v) is 1.21. The van der Waals surface area contributed by atoms with Gasteiger partial charge in [-0.15, -0.1) is 0 Å². The highest BCUT2D eigenvalue weighted by atomic mass is 19.3. The molecule has 0 N–H and O–H groups in total. The number of hydrogen-bond acceptors (Lipinski definition) is 3. The predicted molar refractivity (Wildman–Crippen MR) is 49.9 cm³/mol. The normalized spacial score (nSPS) is 10.2. The molecule has 0 aliphatic heterocycles. The van der Waals surface area contributed by atoms with Crippen LogP contribution in [0, 0.1) is 0 Å². The van der Waals surface area contributed by atoms with E-state index in [4.69, 9.17) is 9.47 Å². The Morgan fingerprint density at radius 2 is 1.80 bits per heavy atom. The van der Waals surface area contributed by atoms with Gasteiger partial charge < -0.3 is 9.47 Å². The Balaban J connectivity index is 3.33. The third-order valence-electron chi connectivity index (χ3n) is 1.94. The van der Waals surface area contributed by atoms with E-state index >= 15 is 0 Å². The van der Waals surface area contributed by atoms with Gasteiger partial charge in [0.1, 0.15) is 11.5 Å². The second kappa shape index (κ2) is 4.72. The molecular formula is C10H10F2O3. The number of rotatable bonds is 4. The van der Waals surface area contributed by atoms with Gasteiger partial charge in [-0.3, -0.25) is 4.79 Å². The van der Waals surface area contributed by atoms with Gasteiger partial charge in [-0.1, -0.05) is 0 Å². The molecule has 0 bridgehead atoms. The van der Waals surface area contributed by atoms with E-state index < -0.39 is 6.43 Å². The van der Waals surface area contributed by atoms with E-state index in [1.165, 1.54) is 20.3 Å². The van der Waals surface area contributed by atoms with Crippen LogP contribution in [0.1, 0.15) is 22.3 Å². The molecule has 15 heavy (non-hydrogen) atoms. The van der Waals surface area contributed by atoms with Crippen LogP contribution < -0.4 is 9.47 Å². The maximum absolute atomic E-state index is 12.5. The number of hydrogen-bond donors (Lipinski definition) is 0. The summed E-state index contributed by atoms with van der Waals surface area (Å²) in [6, 6.07) is 2.33. The molecule has 5 heteroatoms. The maximum atomic E-state index is 12.5. The number of benzene rings is 1. The van der Waals surface area contributed by atoms with E-state index in [2.05, 4.69) is 0 Å². The Hall–Kier alpha value is -1.65.